The number of hydrogen-bond acceptors (Lipinski definition) is 4. The highest BCUT2D eigenvalue weighted by Gasteiger charge is 2.35. The molecule has 4 rings (SSSR count). The zero-order valence-corrected chi connectivity index (χ0v) is 19.9. The van der Waals surface area contributed by atoms with E-state index in [2.05, 4.69) is 0 Å². The molecule has 2 aromatic carbocycles. The maximum Gasteiger partial charge on any atom is 0.416 e. The average Bonchev–Trinajstić information content (AvgIpc) is 3.29. The lowest BCUT2D eigenvalue weighted by Crippen LogP contribution is -2.31. The van der Waals surface area contributed by atoms with E-state index in [0.29, 0.717) is 35.0 Å². The Morgan fingerprint density at radius 3 is 2.54 bits per heavy atom. The first kappa shape index (κ1) is 25.0. The van der Waals surface area contributed by atoms with Crippen molar-refractivity contribution in [3.63, 3.8) is 0 Å². The molecule has 2 amide bonds. The molecule has 1 aliphatic heterocycles. The van der Waals surface area contributed by atoms with Gasteiger partial charge < -0.3 is 9.47 Å². The smallest absolute Gasteiger partial charge is 0.343 e. The van der Waals surface area contributed by atoms with Crippen molar-refractivity contribution >= 4 is 39.9 Å². The fraction of sp³-hybridized carbons (Fsp3) is 0.280. The fourth-order valence-electron chi connectivity index (χ4n) is 3.97. The minimum atomic E-state index is -4.66. The summed E-state index contributed by atoms with van der Waals surface area (Å²) in [6.45, 7) is 1.03. The zero-order valence-electron chi connectivity index (χ0n) is 19.1. The van der Waals surface area contributed by atoms with E-state index >= 15 is 0 Å². The van der Waals surface area contributed by atoms with Gasteiger partial charge in [0.05, 0.1) is 10.5 Å². The Morgan fingerprint density at radius 1 is 1.06 bits per heavy atom. The van der Waals surface area contributed by atoms with E-state index in [1.807, 2.05) is 19.0 Å². The van der Waals surface area contributed by atoms with Crippen molar-refractivity contribution in [1.29, 1.82) is 0 Å². The van der Waals surface area contributed by atoms with Crippen LogP contribution in [-0.2, 0) is 17.5 Å². The molecule has 1 aliphatic rings. The Balaban J connectivity index is 1.55. The molecule has 1 aromatic heterocycles. The van der Waals surface area contributed by atoms with E-state index in [1.165, 1.54) is 4.90 Å². The van der Waals surface area contributed by atoms with Gasteiger partial charge in [0.1, 0.15) is 5.82 Å². The summed E-state index contributed by atoms with van der Waals surface area (Å²) in [6, 6.07) is 9.73. The summed E-state index contributed by atoms with van der Waals surface area (Å²) in [5.74, 6) is -1.27. The predicted octanol–water partition coefficient (Wildman–Crippen LogP) is 5.84. The lowest BCUT2D eigenvalue weighted by molar-refractivity contribution is -0.138. The molecule has 3 aromatic rings. The number of alkyl halides is 3. The second-order valence-electron chi connectivity index (χ2n) is 8.55. The minimum absolute atomic E-state index is 0.0385. The summed E-state index contributed by atoms with van der Waals surface area (Å²) >= 11 is 0.895. The van der Waals surface area contributed by atoms with E-state index < -0.39 is 17.6 Å². The van der Waals surface area contributed by atoms with Gasteiger partial charge in [0.25, 0.3) is 11.1 Å². The third-order valence-electron chi connectivity index (χ3n) is 5.67. The number of rotatable bonds is 7. The van der Waals surface area contributed by atoms with Crippen LogP contribution in [0.15, 0.2) is 53.6 Å². The molecule has 2 heterocycles. The van der Waals surface area contributed by atoms with Gasteiger partial charge in [0.15, 0.2) is 0 Å². The molecule has 0 N–H and O–H groups in total. The van der Waals surface area contributed by atoms with Crippen molar-refractivity contribution in [1.82, 2.24) is 14.4 Å². The van der Waals surface area contributed by atoms with Gasteiger partial charge >= 0.3 is 6.18 Å². The Labute approximate surface area is 204 Å². The van der Waals surface area contributed by atoms with Crippen LogP contribution < -0.4 is 0 Å². The van der Waals surface area contributed by atoms with Gasteiger partial charge in [-0.15, -0.1) is 0 Å². The highest BCUT2D eigenvalue weighted by atomic mass is 32.2. The average molecular weight is 506 g/mol. The maximum atomic E-state index is 13.4. The molecule has 0 spiro atoms. The van der Waals surface area contributed by atoms with Crippen molar-refractivity contribution in [3.05, 3.63) is 76.1 Å². The second-order valence-corrected chi connectivity index (χ2v) is 9.54. The number of carbonyl (C=O) groups excluding carboxylic acids is 2. The van der Waals surface area contributed by atoms with Crippen LogP contribution >= 0.6 is 11.8 Å². The number of aromatic nitrogens is 1. The molecule has 0 radical (unpaired) electrons. The van der Waals surface area contributed by atoms with Gasteiger partial charge in [-0.3, -0.25) is 14.5 Å². The van der Waals surface area contributed by atoms with Crippen LogP contribution in [0.2, 0.25) is 0 Å². The van der Waals surface area contributed by atoms with Gasteiger partial charge in [0, 0.05) is 30.2 Å². The number of carbonyl (C=O) groups is 2. The molecule has 1 fully saturated rings. The summed E-state index contributed by atoms with van der Waals surface area (Å²) < 4.78 is 55.2. The van der Waals surface area contributed by atoms with Gasteiger partial charge in [-0.25, -0.2) is 4.39 Å². The lowest BCUT2D eigenvalue weighted by Gasteiger charge is -2.14. The van der Waals surface area contributed by atoms with Crippen LogP contribution in [0.5, 0.6) is 0 Å². The molecule has 0 saturated carbocycles. The topological polar surface area (TPSA) is 45.5 Å². The predicted molar refractivity (Wildman–Crippen MR) is 128 cm³/mol. The quantitative estimate of drug-likeness (QED) is 0.299. The molecule has 0 atom stereocenters. The molecular weight excluding hydrogens is 482 g/mol. The van der Waals surface area contributed by atoms with Crippen LogP contribution in [0.3, 0.4) is 0 Å². The van der Waals surface area contributed by atoms with E-state index in [9.17, 15) is 27.2 Å². The largest absolute Gasteiger partial charge is 0.416 e. The number of hydrogen-bond donors (Lipinski definition) is 0. The monoisotopic (exact) mass is 505 g/mol. The normalized spacial score (nSPS) is 15.9. The first-order chi connectivity index (χ1) is 16.5. The number of halogens is 4. The number of amides is 2. The van der Waals surface area contributed by atoms with Crippen LogP contribution in [0.25, 0.3) is 17.0 Å². The van der Waals surface area contributed by atoms with Crippen molar-refractivity contribution in [2.45, 2.75) is 19.1 Å². The number of thioether (sulfide) groups is 1. The molecule has 5 nitrogen and oxygen atoms in total. The summed E-state index contributed by atoms with van der Waals surface area (Å²) in [5.41, 5.74) is 0.351. The summed E-state index contributed by atoms with van der Waals surface area (Å²) in [6.07, 6.45) is -0.670. The van der Waals surface area contributed by atoms with E-state index in [-0.39, 0.29) is 23.3 Å². The lowest BCUT2D eigenvalue weighted by atomic mass is 10.1. The SMILES string of the molecule is CN(C)CCCN1C(=O)SC(=Cc2ccc3c(ccn3Cc3ccc(F)cc3C(F)(F)F)c2)C1=O. The molecule has 0 unspecified atom stereocenters. The number of fused-ring (bicyclic) bond motifs is 1. The summed E-state index contributed by atoms with van der Waals surface area (Å²) in [4.78, 5) is 28.5. The molecular formula is C25H23F4N3O2S. The third kappa shape index (κ3) is 5.59. The summed E-state index contributed by atoms with van der Waals surface area (Å²) in [7, 11) is 3.85. The van der Waals surface area contributed by atoms with Crippen LogP contribution in [0.4, 0.5) is 22.4 Å². The first-order valence-electron chi connectivity index (χ1n) is 10.9. The zero-order chi connectivity index (χ0) is 25.3. The van der Waals surface area contributed by atoms with Crippen LogP contribution in [0.1, 0.15) is 23.1 Å². The van der Waals surface area contributed by atoms with Crippen LogP contribution in [-0.4, -0.2) is 52.7 Å². The van der Waals surface area contributed by atoms with E-state index in [4.69, 9.17) is 0 Å². The fourth-order valence-corrected chi connectivity index (χ4v) is 4.83. The van der Waals surface area contributed by atoms with Crippen molar-refractivity contribution < 1.29 is 27.2 Å². The Hall–Kier alpha value is -3.11. The molecule has 0 bridgehead atoms. The van der Waals surface area contributed by atoms with Gasteiger partial charge in [0.2, 0.25) is 0 Å². The minimum Gasteiger partial charge on any atom is -0.343 e. The molecule has 35 heavy (non-hydrogen) atoms. The van der Waals surface area contributed by atoms with Crippen molar-refractivity contribution in [2.24, 2.45) is 0 Å². The Morgan fingerprint density at radius 2 is 1.83 bits per heavy atom. The number of nitrogens with zero attached hydrogens (tertiary/aromatic N) is 3. The van der Waals surface area contributed by atoms with Gasteiger partial charge in [-0.05, 0) is 86.4 Å². The molecule has 1 saturated heterocycles. The molecule has 184 valence electrons. The highest BCUT2D eigenvalue weighted by molar-refractivity contribution is 8.18. The first-order valence-corrected chi connectivity index (χ1v) is 11.7. The standard InChI is InChI=1S/C25H23F4N3O2S/c1-30(2)9-3-10-32-23(33)22(35-24(32)34)13-16-4-7-21-17(12-16)8-11-31(21)15-18-5-6-19(26)14-20(18)25(27,28)29/h4-8,11-14H,3,9-10,15H2,1-2H3. The Kier molecular flexibility index (Phi) is 7.05. The van der Waals surface area contributed by atoms with E-state index in [0.717, 1.165) is 35.8 Å². The molecule has 10 heteroatoms. The van der Waals surface area contributed by atoms with Crippen LogP contribution in [0, 0.1) is 5.82 Å². The van der Waals surface area contributed by atoms with Gasteiger partial charge in [-0.1, -0.05) is 12.1 Å². The Bertz CT molecular complexity index is 1310. The van der Waals surface area contributed by atoms with Crippen molar-refractivity contribution in [3.8, 4) is 0 Å². The van der Waals surface area contributed by atoms with Gasteiger partial charge in [-0.2, -0.15) is 13.2 Å². The summed E-state index contributed by atoms with van der Waals surface area (Å²) in [5, 5.41) is 0.464. The van der Waals surface area contributed by atoms with E-state index in [1.54, 1.807) is 41.1 Å². The highest BCUT2D eigenvalue weighted by Crippen LogP contribution is 2.35. The third-order valence-corrected chi connectivity index (χ3v) is 6.58. The second kappa shape index (κ2) is 9.87. The number of benzene rings is 2. The number of imide groups is 1. The van der Waals surface area contributed by atoms with Crippen molar-refractivity contribution in [2.75, 3.05) is 27.2 Å². The molecule has 0 aliphatic carbocycles. The maximum absolute atomic E-state index is 13.4.